The number of aryl methyl sites for hydroxylation is 1. The molecule has 3 rings (SSSR count). The highest BCUT2D eigenvalue weighted by Crippen LogP contribution is 2.15. The van der Waals surface area contributed by atoms with Crippen molar-refractivity contribution < 1.29 is 13.0 Å². The minimum absolute atomic E-state index is 0.238. The number of sulfonamides is 1. The van der Waals surface area contributed by atoms with Crippen LogP contribution in [0.25, 0.3) is 0 Å². The van der Waals surface area contributed by atoms with Crippen LogP contribution in [0.15, 0.2) is 84.0 Å². The topological polar surface area (TPSA) is 50.1 Å². The van der Waals surface area contributed by atoms with Crippen molar-refractivity contribution in [2.45, 2.75) is 18.4 Å². The van der Waals surface area contributed by atoms with Gasteiger partial charge in [-0.15, -0.1) is 0 Å². The summed E-state index contributed by atoms with van der Waals surface area (Å²) < 4.78 is 29.7. The van der Waals surface area contributed by atoms with Crippen LogP contribution in [-0.2, 0) is 16.6 Å². The van der Waals surface area contributed by atoms with Crippen LogP contribution < -0.4 is 9.29 Å². The number of hydrogen-bond donors (Lipinski definition) is 1. The fraction of sp³-hybridized carbons (Fsp3) is 0.105. The average molecular weight is 339 g/mol. The first-order valence-corrected chi connectivity index (χ1v) is 9.14. The summed E-state index contributed by atoms with van der Waals surface area (Å²) >= 11 is 0. The van der Waals surface area contributed by atoms with Crippen molar-refractivity contribution >= 4 is 15.7 Å². The fourth-order valence-corrected chi connectivity index (χ4v) is 3.56. The number of anilines is 1. The first kappa shape index (κ1) is 16.2. The van der Waals surface area contributed by atoms with Gasteiger partial charge in [0.15, 0.2) is 23.8 Å². The molecule has 0 radical (unpaired) electrons. The molecule has 3 aromatic rings. The highest BCUT2D eigenvalue weighted by Gasteiger charge is 2.18. The van der Waals surface area contributed by atoms with Gasteiger partial charge in [-0.25, -0.2) is 8.42 Å². The van der Waals surface area contributed by atoms with E-state index in [1.165, 1.54) is 0 Å². The Bertz CT molecular complexity index is 938. The SMILES string of the molecule is Cc1cccc(NS(=O)(=O)c2ccc[n+](Cc3ccccc3)c2)c1. The molecule has 122 valence electrons. The van der Waals surface area contributed by atoms with E-state index < -0.39 is 10.0 Å². The third kappa shape index (κ3) is 4.00. The molecule has 0 atom stereocenters. The number of benzene rings is 2. The van der Waals surface area contributed by atoms with Crippen LogP contribution in [0.3, 0.4) is 0 Å². The molecule has 0 aliphatic heterocycles. The third-order valence-electron chi connectivity index (χ3n) is 3.62. The third-order valence-corrected chi connectivity index (χ3v) is 4.99. The zero-order chi connectivity index (χ0) is 17.0. The van der Waals surface area contributed by atoms with Crippen molar-refractivity contribution in [3.8, 4) is 0 Å². The molecule has 5 heteroatoms. The maximum atomic E-state index is 12.6. The summed E-state index contributed by atoms with van der Waals surface area (Å²) in [5, 5.41) is 0. The molecule has 0 saturated carbocycles. The predicted molar refractivity (Wildman–Crippen MR) is 94.2 cm³/mol. The zero-order valence-electron chi connectivity index (χ0n) is 13.4. The van der Waals surface area contributed by atoms with Gasteiger partial charge in [-0.05, 0) is 30.7 Å². The van der Waals surface area contributed by atoms with Crippen molar-refractivity contribution in [1.82, 2.24) is 0 Å². The molecule has 0 spiro atoms. The Kier molecular flexibility index (Phi) is 4.62. The summed E-state index contributed by atoms with van der Waals surface area (Å²) in [7, 11) is -3.62. The molecular formula is C19H19N2O2S+. The first-order chi connectivity index (χ1) is 11.5. The number of pyridine rings is 1. The van der Waals surface area contributed by atoms with Crippen molar-refractivity contribution in [1.29, 1.82) is 0 Å². The van der Waals surface area contributed by atoms with E-state index >= 15 is 0 Å². The van der Waals surface area contributed by atoms with Gasteiger partial charge in [0.25, 0.3) is 10.0 Å². The van der Waals surface area contributed by atoms with E-state index in [0.717, 1.165) is 11.1 Å². The quantitative estimate of drug-likeness (QED) is 0.726. The van der Waals surface area contributed by atoms with E-state index in [2.05, 4.69) is 4.72 Å². The van der Waals surface area contributed by atoms with Gasteiger partial charge in [0, 0.05) is 17.3 Å². The van der Waals surface area contributed by atoms with Crippen LogP contribution in [-0.4, -0.2) is 8.42 Å². The van der Waals surface area contributed by atoms with Crippen LogP contribution in [0.5, 0.6) is 0 Å². The minimum Gasteiger partial charge on any atom is -0.279 e. The second kappa shape index (κ2) is 6.84. The summed E-state index contributed by atoms with van der Waals surface area (Å²) in [6, 6.07) is 20.6. The molecule has 1 aromatic heterocycles. The minimum atomic E-state index is -3.62. The molecule has 0 aliphatic carbocycles. The fourth-order valence-electron chi connectivity index (χ4n) is 2.47. The Balaban J connectivity index is 1.84. The second-order valence-corrected chi connectivity index (χ2v) is 7.35. The molecule has 1 heterocycles. The van der Waals surface area contributed by atoms with E-state index in [0.29, 0.717) is 12.2 Å². The van der Waals surface area contributed by atoms with Crippen molar-refractivity contribution in [3.63, 3.8) is 0 Å². The normalized spacial score (nSPS) is 11.2. The smallest absolute Gasteiger partial charge is 0.267 e. The second-order valence-electron chi connectivity index (χ2n) is 5.67. The van der Waals surface area contributed by atoms with Gasteiger partial charge in [-0.2, -0.15) is 4.57 Å². The van der Waals surface area contributed by atoms with Crippen LogP contribution in [0, 0.1) is 6.92 Å². The lowest BCUT2D eigenvalue weighted by molar-refractivity contribution is -0.690. The summed E-state index contributed by atoms with van der Waals surface area (Å²) in [5.74, 6) is 0. The highest BCUT2D eigenvalue weighted by atomic mass is 32.2. The van der Waals surface area contributed by atoms with Gasteiger partial charge in [0.05, 0.1) is 0 Å². The Labute approximate surface area is 142 Å². The van der Waals surface area contributed by atoms with Crippen molar-refractivity contribution in [2.24, 2.45) is 0 Å². The lowest BCUT2D eigenvalue weighted by Gasteiger charge is -2.08. The number of nitrogens with one attached hydrogen (secondary N) is 1. The molecule has 2 aromatic carbocycles. The van der Waals surface area contributed by atoms with Gasteiger partial charge in [0.2, 0.25) is 0 Å². The Morgan fingerprint density at radius 1 is 0.958 bits per heavy atom. The molecule has 0 saturated heterocycles. The standard InChI is InChI=1S/C19H19N2O2S/c1-16-7-5-10-18(13-16)20-24(22,23)19-11-6-12-21(15-19)14-17-8-3-2-4-9-17/h2-13,15,20H,14H2,1H3/q+1. The Hall–Kier alpha value is -2.66. The van der Waals surface area contributed by atoms with Gasteiger partial charge in [-0.1, -0.05) is 42.5 Å². The Morgan fingerprint density at radius 3 is 2.50 bits per heavy atom. The van der Waals surface area contributed by atoms with E-state index in [1.54, 1.807) is 30.5 Å². The van der Waals surface area contributed by atoms with Gasteiger partial charge < -0.3 is 0 Å². The number of aromatic nitrogens is 1. The number of nitrogens with zero attached hydrogens (tertiary/aromatic N) is 1. The molecule has 0 amide bonds. The maximum absolute atomic E-state index is 12.6. The maximum Gasteiger partial charge on any atom is 0.267 e. The summed E-state index contributed by atoms with van der Waals surface area (Å²) in [4.78, 5) is 0.238. The van der Waals surface area contributed by atoms with Crippen molar-refractivity contribution in [3.05, 3.63) is 90.3 Å². The highest BCUT2D eigenvalue weighted by molar-refractivity contribution is 7.92. The van der Waals surface area contributed by atoms with Gasteiger partial charge in [-0.3, -0.25) is 4.72 Å². The summed E-state index contributed by atoms with van der Waals surface area (Å²) in [6.07, 6.45) is 3.50. The van der Waals surface area contributed by atoms with Gasteiger partial charge in [0.1, 0.15) is 0 Å². The largest absolute Gasteiger partial charge is 0.279 e. The Morgan fingerprint density at radius 2 is 1.75 bits per heavy atom. The molecule has 0 unspecified atom stereocenters. The molecule has 24 heavy (non-hydrogen) atoms. The molecule has 1 N–H and O–H groups in total. The van der Waals surface area contributed by atoms with E-state index in [1.807, 2.05) is 60.2 Å². The van der Waals surface area contributed by atoms with Crippen molar-refractivity contribution in [2.75, 3.05) is 4.72 Å². The zero-order valence-corrected chi connectivity index (χ0v) is 14.2. The van der Waals surface area contributed by atoms with Crippen LogP contribution >= 0.6 is 0 Å². The van der Waals surface area contributed by atoms with Crippen LogP contribution in [0.2, 0.25) is 0 Å². The van der Waals surface area contributed by atoms with Gasteiger partial charge >= 0.3 is 0 Å². The van der Waals surface area contributed by atoms with Crippen LogP contribution in [0.1, 0.15) is 11.1 Å². The lowest BCUT2D eigenvalue weighted by atomic mass is 10.2. The monoisotopic (exact) mass is 339 g/mol. The van der Waals surface area contributed by atoms with Crippen LogP contribution in [0.4, 0.5) is 5.69 Å². The first-order valence-electron chi connectivity index (χ1n) is 7.65. The molecule has 4 nitrogen and oxygen atoms in total. The van der Waals surface area contributed by atoms with E-state index in [9.17, 15) is 8.42 Å². The summed E-state index contributed by atoms with van der Waals surface area (Å²) in [6.45, 7) is 2.54. The molecule has 0 bridgehead atoms. The average Bonchev–Trinajstić information content (AvgIpc) is 2.56. The predicted octanol–water partition coefficient (Wildman–Crippen LogP) is 3.13. The molecular weight excluding hydrogens is 320 g/mol. The lowest BCUT2D eigenvalue weighted by Crippen LogP contribution is -2.34. The number of rotatable bonds is 5. The molecule has 0 aliphatic rings. The number of hydrogen-bond acceptors (Lipinski definition) is 2. The molecule has 0 fully saturated rings. The summed E-state index contributed by atoms with van der Waals surface area (Å²) in [5.41, 5.74) is 2.68. The van der Waals surface area contributed by atoms with E-state index in [-0.39, 0.29) is 4.90 Å². The van der Waals surface area contributed by atoms with E-state index in [4.69, 9.17) is 0 Å².